The predicted molar refractivity (Wildman–Crippen MR) is 99.5 cm³/mol. The Bertz CT molecular complexity index is 778. The van der Waals surface area contributed by atoms with Crippen LogP contribution < -0.4 is 5.30 Å². The number of hydrogen-bond donors (Lipinski definition) is 0. The summed E-state index contributed by atoms with van der Waals surface area (Å²) in [6.07, 6.45) is 0. The Labute approximate surface area is 144 Å². The van der Waals surface area contributed by atoms with E-state index < -0.39 is 18.5 Å². The molecule has 4 heteroatoms. The topological polar surface area (TPSA) is 43.4 Å². The highest BCUT2D eigenvalue weighted by molar-refractivity contribution is 7.83. The maximum absolute atomic E-state index is 13.7. The van der Waals surface area contributed by atoms with Crippen LogP contribution in [0.2, 0.25) is 0 Å². The normalized spacial score (nSPS) is 14.2. The van der Waals surface area contributed by atoms with Crippen LogP contribution in [0, 0.1) is 20.8 Å². The van der Waals surface area contributed by atoms with Crippen molar-refractivity contribution in [1.82, 2.24) is 0 Å². The van der Waals surface area contributed by atoms with Crippen LogP contribution >= 0.6 is 7.37 Å². The van der Waals surface area contributed by atoms with E-state index in [0.29, 0.717) is 10.9 Å². The predicted octanol–water partition coefficient (Wildman–Crippen LogP) is 5.17. The maximum atomic E-state index is 13.7. The summed E-state index contributed by atoms with van der Waals surface area (Å²) in [7, 11) is -3.71. The van der Waals surface area contributed by atoms with Gasteiger partial charge in [-0.15, -0.1) is 0 Å². The first-order valence-electron chi connectivity index (χ1n) is 8.04. The number of rotatable bonds is 4. The van der Waals surface area contributed by atoms with Crippen molar-refractivity contribution in [1.29, 1.82) is 0 Å². The van der Waals surface area contributed by atoms with Gasteiger partial charge in [0.2, 0.25) is 0 Å². The Hall–Kier alpha value is -1.70. The molecule has 0 bridgehead atoms. The van der Waals surface area contributed by atoms with Crippen molar-refractivity contribution in [2.45, 2.75) is 47.1 Å². The largest absolute Gasteiger partial charge is 0.314 e. The molecule has 0 aliphatic heterocycles. The molecule has 0 N–H and O–H groups in total. The lowest BCUT2D eigenvalue weighted by Crippen LogP contribution is -2.26. The minimum Gasteiger partial charge on any atom is -0.314 e. The van der Waals surface area contributed by atoms with Gasteiger partial charge in [0.15, 0.2) is 0 Å². The second-order valence-electron chi connectivity index (χ2n) is 7.17. The molecule has 1 atom stereocenters. The van der Waals surface area contributed by atoms with Crippen LogP contribution in [0.15, 0.2) is 42.5 Å². The Morgan fingerprint density at radius 1 is 0.958 bits per heavy atom. The number of aryl methyl sites for hydroxylation is 3. The fourth-order valence-electron chi connectivity index (χ4n) is 2.89. The van der Waals surface area contributed by atoms with Gasteiger partial charge in [0.1, 0.15) is 0 Å². The van der Waals surface area contributed by atoms with Crippen molar-refractivity contribution in [2.75, 3.05) is 0 Å². The van der Waals surface area contributed by atoms with Gasteiger partial charge in [-0.2, -0.15) is 0 Å². The van der Waals surface area contributed by atoms with Gasteiger partial charge in [-0.05, 0) is 64.8 Å². The molecule has 2 rings (SSSR count). The third-order valence-electron chi connectivity index (χ3n) is 3.66. The van der Waals surface area contributed by atoms with Gasteiger partial charge >= 0.3 is 7.37 Å². The van der Waals surface area contributed by atoms with Crippen LogP contribution in [0.1, 0.15) is 47.8 Å². The average Bonchev–Trinajstić information content (AvgIpc) is 2.45. The molecule has 0 saturated carbocycles. The van der Waals surface area contributed by atoms with E-state index >= 15 is 0 Å². The van der Waals surface area contributed by atoms with Crippen LogP contribution in [0.25, 0.3) is 0 Å². The SMILES string of the molecule is Cc1cc(C)c(C(=O)P(=O)(OC(C)(C)C)c2ccccc2)c(C)c1. The number of benzene rings is 2. The van der Waals surface area contributed by atoms with E-state index in [2.05, 4.69) is 0 Å². The molecule has 0 amide bonds. The lowest BCUT2D eigenvalue weighted by atomic mass is 10.0. The van der Waals surface area contributed by atoms with E-state index in [0.717, 1.165) is 16.7 Å². The molecule has 0 aromatic heterocycles. The Balaban J connectivity index is 2.65. The molecule has 0 spiro atoms. The van der Waals surface area contributed by atoms with Crippen LogP contribution in [0.5, 0.6) is 0 Å². The van der Waals surface area contributed by atoms with Crippen LogP contribution in [-0.2, 0) is 9.09 Å². The average molecular weight is 344 g/mol. The van der Waals surface area contributed by atoms with Gasteiger partial charge < -0.3 is 4.52 Å². The number of hydrogen-bond acceptors (Lipinski definition) is 3. The zero-order valence-electron chi connectivity index (χ0n) is 15.2. The quantitative estimate of drug-likeness (QED) is 0.719. The van der Waals surface area contributed by atoms with Crippen molar-refractivity contribution in [2.24, 2.45) is 0 Å². The summed E-state index contributed by atoms with van der Waals surface area (Å²) in [5.41, 5.74) is 2.09. The van der Waals surface area contributed by atoms with Crippen molar-refractivity contribution >= 4 is 18.2 Å². The molecule has 0 aliphatic carbocycles. The first kappa shape index (κ1) is 18.6. The van der Waals surface area contributed by atoms with Gasteiger partial charge in [-0.3, -0.25) is 9.36 Å². The smallest absolute Gasteiger partial charge is 0.301 e. The fraction of sp³-hybridized carbons (Fsp3) is 0.350. The van der Waals surface area contributed by atoms with Gasteiger partial charge in [0.25, 0.3) is 5.52 Å². The van der Waals surface area contributed by atoms with Crippen molar-refractivity contribution in [3.05, 3.63) is 64.7 Å². The Morgan fingerprint density at radius 3 is 1.92 bits per heavy atom. The summed E-state index contributed by atoms with van der Waals surface area (Å²) >= 11 is 0. The monoisotopic (exact) mass is 344 g/mol. The molecule has 1 unspecified atom stereocenters. The zero-order chi connectivity index (χ0) is 18.1. The molecule has 0 fully saturated rings. The van der Waals surface area contributed by atoms with E-state index in [9.17, 15) is 9.36 Å². The number of carbonyl (C=O) groups excluding carboxylic acids is 1. The van der Waals surface area contributed by atoms with E-state index in [1.165, 1.54) is 0 Å². The standard InChI is InChI=1S/C20H25O3P/c1-14-12-15(2)18(16(3)13-14)19(21)24(22,23-20(4,5)6)17-10-8-7-9-11-17/h7-13H,1-6H3. The van der Waals surface area contributed by atoms with E-state index in [4.69, 9.17) is 4.52 Å². The van der Waals surface area contributed by atoms with Crippen LogP contribution in [-0.4, -0.2) is 11.1 Å². The molecular weight excluding hydrogens is 319 g/mol. The zero-order valence-corrected chi connectivity index (χ0v) is 16.1. The van der Waals surface area contributed by atoms with Gasteiger partial charge in [-0.25, -0.2) is 0 Å². The second kappa shape index (κ2) is 6.66. The van der Waals surface area contributed by atoms with Gasteiger partial charge in [0.05, 0.1) is 5.60 Å². The third-order valence-corrected chi connectivity index (χ3v) is 6.20. The highest BCUT2D eigenvalue weighted by Gasteiger charge is 2.40. The highest BCUT2D eigenvalue weighted by atomic mass is 31.2. The fourth-order valence-corrected chi connectivity index (χ4v) is 5.29. The maximum Gasteiger partial charge on any atom is 0.301 e. The van der Waals surface area contributed by atoms with E-state index in [1.807, 2.05) is 59.7 Å². The van der Waals surface area contributed by atoms with Gasteiger partial charge in [0, 0.05) is 10.9 Å². The van der Waals surface area contributed by atoms with Crippen LogP contribution in [0.4, 0.5) is 0 Å². The van der Waals surface area contributed by atoms with Crippen molar-refractivity contribution in [3.8, 4) is 0 Å². The minimum absolute atomic E-state index is 0.432. The molecule has 3 nitrogen and oxygen atoms in total. The molecule has 24 heavy (non-hydrogen) atoms. The minimum atomic E-state index is -3.71. The number of carbonyl (C=O) groups is 1. The van der Waals surface area contributed by atoms with Crippen LogP contribution in [0.3, 0.4) is 0 Å². The lowest BCUT2D eigenvalue weighted by molar-refractivity contribution is 0.0977. The summed E-state index contributed by atoms with van der Waals surface area (Å²) in [6, 6.07) is 12.6. The molecule has 0 heterocycles. The highest BCUT2D eigenvalue weighted by Crippen LogP contribution is 2.52. The van der Waals surface area contributed by atoms with Crippen molar-refractivity contribution < 1.29 is 13.9 Å². The second-order valence-corrected chi connectivity index (χ2v) is 9.38. The summed E-state index contributed by atoms with van der Waals surface area (Å²) in [4.78, 5) is 13.3. The third kappa shape index (κ3) is 3.85. The molecule has 0 radical (unpaired) electrons. The molecular formula is C20H25O3P. The lowest BCUT2D eigenvalue weighted by Gasteiger charge is -2.27. The van der Waals surface area contributed by atoms with E-state index in [-0.39, 0.29) is 0 Å². The first-order chi connectivity index (χ1) is 11.0. The first-order valence-corrected chi connectivity index (χ1v) is 9.66. The molecule has 128 valence electrons. The molecule has 0 saturated heterocycles. The molecule has 2 aromatic rings. The Kier molecular flexibility index (Phi) is 5.17. The Morgan fingerprint density at radius 2 is 1.46 bits per heavy atom. The van der Waals surface area contributed by atoms with Crippen molar-refractivity contribution in [3.63, 3.8) is 0 Å². The summed E-state index contributed by atoms with van der Waals surface area (Å²) in [6.45, 7) is 11.2. The summed E-state index contributed by atoms with van der Waals surface area (Å²) < 4.78 is 19.6. The summed E-state index contributed by atoms with van der Waals surface area (Å²) in [5, 5.41) is 0.435. The van der Waals surface area contributed by atoms with Gasteiger partial charge in [-0.1, -0.05) is 35.9 Å². The van der Waals surface area contributed by atoms with E-state index in [1.54, 1.807) is 24.3 Å². The molecule has 2 aromatic carbocycles. The summed E-state index contributed by atoms with van der Waals surface area (Å²) in [5.74, 6) is 0. The molecule has 0 aliphatic rings.